The zero-order valence-electron chi connectivity index (χ0n) is 13.0. The zero-order chi connectivity index (χ0) is 14.4. The SMILES string of the molecule is CCCNC(c1ccnn1CCC)C1CSCCN1C. The lowest BCUT2D eigenvalue weighted by Crippen LogP contribution is -2.48. The molecule has 0 spiro atoms. The summed E-state index contributed by atoms with van der Waals surface area (Å²) >= 11 is 2.07. The van der Waals surface area contributed by atoms with Crippen LogP contribution in [0.15, 0.2) is 12.3 Å². The summed E-state index contributed by atoms with van der Waals surface area (Å²) in [7, 11) is 2.26. The molecule has 0 amide bonds. The van der Waals surface area contributed by atoms with Gasteiger partial charge in [0, 0.05) is 36.8 Å². The lowest BCUT2D eigenvalue weighted by atomic mass is 10.0. The molecule has 0 saturated carbocycles. The summed E-state index contributed by atoms with van der Waals surface area (Å²) in [5.74, 6) is 2.46. The molecule has 5 heteroatoms. The average Bonchev–Trinajstić information content (AvgIpc) is 2.90. The Morgan fingerprint density at radius 2 is 2.30 bits per heavy atom. The van der Waals surface area contributed by atoms with Gasteiger partial charge in [0.1, 0.15) is 0 Å². The Balaban J connectivity index is 2.19. The summed E-state index contributed by atoms with van der Waals surface area (Å²) in [6.07, 6.45) is 4.24. The summed E-state index contributed by atoms with van der Waals surface area (Å²) in [6, 6.07) is 3.14. The van der Waals surface area contributed by atoms with Crippen molar-refractivity contribution in [3.63, 3.8) is 0 Å². The highest BCUT2D eigenvalue weighted by atomic mass is 32.2. The van der Waals surface area contributed by atoms with Crippen molar-refractivity contribution >= 4 is 11.8 Å². The second-order valence-corrected chi connectivity index (χ2v) is 6.68. The molecule has 0 bridgehead atoms. The van der Waals surface area contributed by atoms with E-state index in [4.69, 9.17) is 0 Å². The first kappa shape index (κ1) is 15.9. The first-order valence-corrected chi connectivity index (χ1v) is 8.96. The Bertz CT molecular complexity index is 393. The molecule has 20 heavy (non-hydrogen) atoms. The maximum Gasteiger partial charge on any atom is 0.0657 e. The van der Waals surface area contributed by atoms with Crippen LogP contribution < -0.4 is 5.32 Å². The van der Waals surface area contributed by atoms with Gasteiger partial charge in [0.15, 0.2) is 0 Å². The maximum absolute atomic E-state index is 4.51. The standard InChI is InChI=1S/C15H28N4S/c1-4-7-16-15(14-12-20-11-10-18(14)3)13-6-8-17-19(13)9-5-2/h6,8,14-16H,4-5,7,9-12H2,1-3H3. The summed E-state index contributed by atoms with van der Waals surface area (Å²) < 4.78 is 2.18. The van der Waals surface area contributed by atoms with Crippen LogP contribution in [-0.4, -0.2) is 52.4 Å². The lowest BCUT2D eigenvalue weighted by molar-refractivity contribution is 0.209. The van der Waals surface area contributed by atoms with Crippen molar-refractivity contribution in [3.8, 4) is 0 Å². The van der Waals surface area contributed by atoms with E-state index in [0.717, 1.165) is 19.5 Å². The third-order valence-electron chi connectivity index (χ3n) is 3.95. The molecule has 114 valence electrons. The van der Waals surface area contributed by atoms with Gasteiger partial charge in [-0.25, -0.2) is 0 Å². The first-order valence-electron chi connectivity index (χ1n) is 7.81. The van der Waals surface area contributed by atoms with Crippen molar-refractivity contribution < 1.29 is 0 Å². The molecule has 0 radical (unpaired) electrons. The molecule has 2 unspecified atom stereocenters. The monoisotopic (exact) mass is 296 g/mol. The zero-order valence-corrected chi connectivity index (χ0v) is 13.8. The number of aryl methyl sites for hydroxylation is 1. The van der Waals surface area contributed by atoms with E-state index in [1.54, 1.807) is 0 Å². The molecular formula is C15H28N4S. The molecule has 1 N–H and O–H groups in total. The molecule has 2 atom stereocenters. The molecule has 1 aliphatic heterocycles. The van der Waals surface area contributed by atoms with Gasteiger partial charge in [0.05, 0.1) is 11.7 Å². The lowest BCUT2D eigenvalue weighted by Gasteiger charge is -2.38. The molecule has 2 heterocycles. The largest absolute Gasteiger partial charge is 0.307 e. The van der Waals surface area contributed by atoms with E-state index in [0.29, 0.717) is 12.1 Å². The molecule has 1 aliphatic rings. The molecule has 1 aromatic rings. The van der Waals surface area contributed by atoms with Crippen molar-refractivity contribution in [1.29, 1.82) is 0 Å². The van der Waals surface area contributed by atoms with Crippen LogP contribution in [0.5, 0.6) is 0 Å². The number of nitrogens with zero attached hydrogens (tertiary/aromatic N) is 3. The molecule has 4 nitrogen and oxygen atoms in total. The second-order valence-electron chi connectivity index (χ2n) is 5.53. The minimum Gasteiger partial charge on any atom is -0.307 e. The van der Waals surface area contributed by atoms with E-state index >= 15 is 0 Å². The number of hydrogen-bond acceptors (Lipinski definition) is 4. The van der Waals surface area contributed by atoms with Gasteiger partial charge >= 0.3 is 0 Å². The van der Waals surface area contributed by atoms with E-state index in [9.17, 15) is 0 Å². The molecule has 2 rings (SSSR count). The topological polar surface area (TPSA) is 33.1 Å². The number of aromatic nitrogens is 2. The summed E-state index contributed by atoms with van der Waals surface area (Å²) in [6.45, 7) is 7.70. The quantitative estimate of drug-likeness (QED) is 0.837. The highest BCUT2D eigenvalue weighted by Gasteiger charge is 2.30. The Hall–Kier alpha value is -0.520. The van der Waals surface area contributed by atoms with Gasteiger partial charge in [0.25, 0.3) is 0 Å². The van der Waals surface area contributed by atoms with Gasteiger partial charge in [-0.2, -0.15) is 16.9 Å². The van der Waals surface area contributed by atoms with E-state index < -0.39 is 0 Å². The van der Waals surface area contributed by atoms with Crippen LogP contribution in [0.2, 0.25) is 0 Å². The Labute approximate surface area is 127 Å². The van der Waals surface area contributed by atoms with E-state index in [2.05, 4.69) is 58.7 Å². The van der Waals surface area contributed by atoms with Gasteiger partial charge in [-0.15, -0.1) is 0 Å². The number of hydrogen-bond donors (Lipinski definition) is 1. The van der Waals surface area contributed by atoms with E-state index in [1.165, 1.54) is 30.2 Å². The van der Waals surface area contributed by atoms with Crippen LogP contribution in [0.4, 0.5) is 0 Å². The van der Waals surface area contributed by atoms with Gasteiger partial charge in [0.2, 0.25) is 0 Å². The highest BCUT2D eigenvalue weighted by Crippen LogP contribution is 2.27. The van der Waals surface area contributed by atoms with Crippen LogP contribution in [0.25, 0.3) is 0 Å². The molecule has 1 aromatic heterocycles. The smallest absolute Gasteiger partial charge is 0.0657 e. The summed E-state index contributed by atoms with van der Waals surface area (Å²) in [5.41, 5.74) is 1.35. The minimum absolute atomic E-state index is 0.391. The predicted molar refractivity (Wildman–Crippen MR) is 87.3 cm³/mol. The molecule has 0 aliphatic carbocycles. The van der Waals surface area contributed by atoms with Gasteiger partial charge < -0.3 is 5.32 Å². The predicted octanol–water partition coefficient (Wildman–Crippen LogP) is 2.38. The van der Waals surface area contributed by atoms with E-state index in [1.807, 2.05) is 6.20 Å². The fraction of sp³-hybridized carbons (Fsp3) is 0.800. The highest BCUT2D eigenvalue weighted by molar-refractivity contribution is 7.99. The maximum atomic E-state index is 4.51. The number of likely N-dealkylation sites (N-methyl/N-ethyl adjacent to an activating group) is 1. The van der Waals surface area contributed by atoms with Crippen LogP contribution in [0.1, 0.15) is 38.4 Å². The van der Waals surface area contributed by atoms with Crippen LogP contribution in [-0.2, 0) is 6.54 Å². The molecule has 1 fully saturated rings. The van der Waals surface area contributed by atoms with Crippen molar-refractivity contribution in [2.75, 3.05) is 31.6 Å². The first-order chi connectivity index (χ1) is 9.77. The van der Waals surface area contributed by atoms with Crippen molar-refractivity contribution in [2.45, 2.75) is 45.3 Å². The Kier molecular flexibility index (Phi) is 6.39. The fourth-order valence-corrected chi connectivity index (χ4v) is 4.07. The molecule has 0 aromatic carbocycles. The normalized spacial score (nSPS) is 22.1. The third kappa shape index (κ3) is 3.77. The van der Waals surface area contributed by atoms with Crippen LogP contribution in [0, 0.1) is 0 Å². The van der Waals surface area contributed by atoms with Crippen LogP contribution in [0.3, 0.4) is 0 Å². The molecule has 1 saturated heterocycles. The van der Waals surface area contributed by atoms with Crippen LogP contribution >= 0.6 is 11.8 Å². The van der Waals surface area contributed by atoms with Gasteiger partial charge in [-0.1, -0.05) is 13.8 Å². The van der Waals surface area contributed by atoms with E-state index in [-0.39, 0.29) is 0 Å². The van der Waals surface area contributed by atoms with Gasteiger partial charge in [-0.05, 0) is 32.5 Å². The number of rotatable bonds is 7. The number of thioether (sulfide) groups is 1. The summed E-state index contributed by atoms with van der Waals surface area (Å²) in [5, 5.41) is 8.26. The fourth-order valence-electron chi connectivity index (χ4n) is 2.80. The molecular weight excluding hydrogens is 268 g/mol. The van der Waals surface area contributed by atoms with Crippen molar-refractivity contribution in [2.24, 2.45) is 0 Å². The number of nitrogens with one attached hydrogen (secondary N) is 1. The summed E-state index contributed by atoms with van der Waals surface area (Å²) in [4.78, 5) is 2.51. The van der Waals surface area contributed by atoms with Crippen molar-refractivity contribution in [3.05, 3.63) is 18.0 Å². The van der Waals surface area contributed by atoms with Crippen molar-refractivity contribution in [1.82, 2.24) is 20.0 Å². The second kappa shape index (κ2) is 8.05. The Morgan fingerprint density at radius 3 is 3.00 bits per heavy atom. The minimum atomic E-state index is 0.391. The Morgan fingerprint density at radius 1 is 1.45 bits per heavy atom. The van der Waals surface area contributed by atoms with Gasteiger partial charge in [-0.3, -0.25) is 9.58 Å². The third-order valence-corrected chi connectivity index (χ3v) is 4.99. The average molecular weight is 296 g/mol.